The number of rotatable bonds is 3. The Balaban J connectivity index is 2.18. The van der Waals surface area contributed by atoms with Gasteiger partial charge >= 0.3 is 5.97 Å². The minimum absolute atomic E-state index is 0.141. The van der Waals surface area contributed by atoms with Crippen LogP contribution in [0, 0.1) is 17.8 Å². The Morgan fingerprint density at radius 1 is 1.69 bits per heavy atom. The van der Waals surface area contributed by atoms with Crippen molar-refractivity contribution in [1.29, 1.82) is 0 Å². The molecule has 0 radical (unpaired) electrons. The van der Waals surface area contributed by atoms with E-state index in [1.54, 1.807) is 6.92 Å². The smallest absolute Gasteiger partial charge is 0.384 e. The molecule has 1 aliphatic carbocycles. The largest absolute Gasteiger partial charge is 0.456 e. The van der Waals surface area contributed by atoms with Gasteiger partial charge in [-0.2, -0.15) is 0 Å². The average Bonchev–Trinajstić information content (AvgIpc) is 2.86. The third-order valence-electron chi connectivity index (χ3n) is 2.03. The van der Waals surface area contributed by atoms with E-state index in [0.29, 0.717) is 18.9 Å². The number of hydrogen-bond acceptors (Lipinski definition) is 3. The van der Waals surface area contributed by atoms with Crippen molar-refractivity contribution in [3.63, 3.8) is 0 Å². The quantitative estimate of drug-likeness (QED) is 0.396. The molecule has 3 nitrogen and oxygen atoms in total. The van der Waals surface area contributed by atoms with Gasteiger partial charge in [-0.25, -0.2) is 4.79 Å². The summed E-state index contributed by atoms with van der Waals surface area (Å²) in [5.74, 6) is 5.33. The molecule has 1 fully saturated rings. The number of ether oxygens (including phenoxy) is 1. The Bertz CT molecular complexity index is 235. The highest BCUT2D eigenvalue weighted by Crippen LogP contribution is 2.32. The molecule has 0 saturated heterocycles. The molecule has 0 spiro atoms. The number of carbonyl (C=O) groups excluding carboxylic acids is 1. The van der Waals surface area contributed by atoms with Gasteiger partial charge in [0.15, 0.2) is 0 Å². The first-order chi connectivity index (χ1) is 6.24. The molecule has 0 heterocycles. The molecular weight excluding hydrogens is 166 g/mol. The van der Waals surface area contributed by atoms with Gasteiger partial charge in [0.1, 0.15) is 0 Å². The van der Waals surface area contributed by atoms with E-state index in [1.807, 2.05) is 0 Å². The predicted molar refractivity (Wildman–Crippen MR) is 49.7 cm³/mol. The van der Waals surface area contributed by atoms with Gasteiger partial charge in [-0.1, -0.05) is 5.92 Å². The van der Waals surface area contributed by atoms with Crippen molar-refractivity contribution in [3.05, 3.63) is 0 Å². The minimum Gasteiger partial charge on any atom is -0.456 e. The second-order valence-corrected chi connectivity index (χ2v) is 3.23. The zero-order chi connectivity index (χ0) is 9.68. The summed E-state index contributed by atoms with van der Waals surface area (Å²) in [5.41, 5.74) is 5.78. The second kappa shape index (κ2) is 4.88. The van der Waals surface area contributed by atoms with Gasteiger partial charge in [0.05, 0.1) is 6.61 Å². The van der Waals surface area contributed by atoms with Crippen LogP contribution in [0.2, 0.25) is 0 Å². The van der Waals surface area contributed by atoms with Gasteiger partial charge in [0.25, 0.3) is 0 Å². The maximum absolute atomic E-state index is 10.8. The summed E-state index contributed by atoms with van der Waals surface area (Å²) in [7, 11) is 0. The Labute approximate surface area is 78.6 Å². The molecule has 2 N–H and O–H groups in total. The third kappa shape index (κ3) is 3.95. The van der Waals surface area contributed by atoms with Crippen LogP contribution in [0.25, 0.3) is 0 Å². The lowest BCUT2D eigenvalue weighted by Crippen LogP contribution is -2.21. The van der Waals surface area contributed by atoms with Crippen molar-refractivity contribution in [3.8, 4) is 11.8 Å². The van der Waals surface area contributed by atoms with Crippen molar-refractivity contribution in [2.75, 3.05) is 6.61 Å². The van der Waals surface area contributed by atoms with E-state index in [4.69, 9.17) is 5.73 Å². The van der Waals surface area contributed by atoms with Gasteiger partial charge in [-0.05, 0) is 25.7 Å². The molecule has 3 heteroatoms. The molecule has 72 valence electrons. The molecule has 0 aromatic heterocycles. The van der Waals surface area contributed by atoms with E-state index in [-0.39, 0.29) is 6.04 Å². The standard InChI is InChI=1S/C10H15NO2/c1-2-13-10(12)5-3-4-9(11)8-6-7-8/h8-9H,2,4,6-7,11H2,1H3. The van der Waals surface area contributed by atoms with Crippen LogP contribution in [0.1, 0.15) is 26.2 Å². The topological polar surface area (TPSA) is 52.3 Å². The highest BCUT2D eigenvalue weighted by Gasteiger charge is 2.27. The summed E-state index contributed by atoms with van der Waals surface area (Å²) >= 11 is 0. The number of hydrogen-bond donors (Lipinski definition) is 1. The number of carbonyl (C=O) groups is 1. The molecule has 1 saturated carbocycles. The average molecular weight is 181 g/mol. The Hall–Kier alpha value is -1.01. The van der Waals surface area contributed by atoms with Gasteiger partial charge in [-0.3, -0.25) is 0 Å². The number of nitrogens with two attached hydrogens (primary N) is 1. The molecule has 1 aliphatic rings. The van der Waals surface area contributed by atoms with Crippen molar-refractivity contribution >= 4 is 5.97 Å². The van der Waals surface area contributed by atoms with Gasteiger partial charge in [0.2, 0.25) is 0 Å². The Kier molecular flexibility index (Phi) is 3.78. The fourth-order valence-electron chi connectivity index (χ4n) is 1.10. The van der Waals surface area contributed by atoms with Gasteiger partial charge in [0, 0.05) is 18.4 Å². The monoisotopic (exact) mass is 181 g/mol. The van der Waals surface area contributed by atoms with E-state index < -0.39 is 5.97 Å². The summed E-state index contributed by atoms with van der Waals surface area (Å²) in [6.45, 7) is 2.14. The molecule has 0 aromatic carbocycles. The van der Waals surface area contributed by atoms with E-state index in [9.17, 15) is 4.79 Å². The van der Waals surface area contributed by atoms with Crippen molar-refractivity contribution in [2.24, 2.45) is 11.7 Å². The fraction of sp³-hybridized carbons (Fsp3) is 0.700. The molecule has 1 rings (SSSR count). The van der Waals surface area contributed by atoms with Gasteiger partial charge in [-0.15, -0.1) is 0 Å². The molecule has 0 amide bonds. The first-order valence-corrected chi connectivity index (χ1v) is 4.65. The van der Waals surface area contributed by atoms with E-state index in [2.05, 4.69) is 16.6 Å². The summed E-state index contributed by atoms with van der Waals surface area (Å²) < 4.78 is 4.65. The normalized spacial score (nSPS) is 17.1. The zero-order valence-corrected chi connectivity index (χ0v) is 7.88. The van der Waals surface area contributed by atoms with Crippen LogP contribution < -0.4 is 5.73 Å². The first-order valence-electron chi connectivity index (χ1n) is 4.65. The van der Waals surface area contributed by atoms with Crippen LogP contribution in [0.3, 0.4) is 0 Å². The zero-order valence-electron chi connectivity index (χ0n) is 7.88. The molecule has 1 unspecified atom stereocenters. The van der Waals surface area contributed by atoms with Crippen molar-refractivity contribution in [2.45, 2.75) is 32.2 Å². The summed E-state index contributed by atoms with van der Waals surface area (Å²) in [6.07, 6.45) is 3.02. The summed E-state index contributed by atoms with van der Waals surface area (Å²) in [6, 6.07) is 0.141. The first kappa shape index (κ1) is 10.1. The Morgan fingerprint density at radius 2 is 2.38 bits per heavy atom. The van der Waals surface area contributed by atoms with Crippen LogP contribution in [-0.4, -0.2) is 18.6 Å². The summed E-state index contributed by atoms with van der Waals surface area (Å²) in [4.78, 5) is 10.8. The molecule has 13 heavy (non-hydrogen) atoms. The molecular formula is C10H15NO2. The second-order valence-electron chi connectivity index (χ2n) is 3.23. The van der Waals surface area contributed by atoms with E-state index >= 15 is 0 Å². The maximum atomic E-state index is 10.8. The molecule has 0 aliphatic heterocycles. The lowest BCUT2D eigenvalue weighted by molar-refractivity contribution is -0.136. The number of esters is 1. The SMILES string of the molecule is CCOC(=O)C#CCC(N)C1CC1. The van der Waals surface area contributed by atoms with Crippen LogP contribution in [-0.2, 0) is 9.53 Å². The lowest BCUT2D eigenvalue weighted by atomic mass is 10.1. The highest BCUT2D eigenvalue weighted by atomic mass is 16.5. The van der Waals surface area contributed by atoms with Crippen LogP contribution >= 0.6 is 0 Å². The molecule has 1 atom stereocenters. The van der Waals surface area contributed by atoms with Crippen LogP contribution in [0.4, 0.5) is 0 Å². The Morgan fingerprint density at radius 3 is 2.92 bits per heavy atom. The maximum Gasteiger partial charge on any atom is 0.384 e. The van der Waals surface area contributed by atoms with Crippen LogP contribution in [0.5, 0.6) is 0 Å². The van der Waals surface area contributed by atoms with Gasteiger partial charge < -0.3 is 10.5 Å². The van der Waals surface area contributed by atoms with E-state index in [0.717, 1.165) is 0 Å². The van der Waals surface area contributed by atoms with E-state index in [1.165, 1.54) is 12.8 Å². The molecule has 0 aromatic rings. The van der Waals surface area contributed by atoms with Crippen molar-refractivity contribution < 1.29 is 9.53 Å². The predicted octanol–water partition coefficient (Wildman–Crippen LogP) is 0.680. The fourth-order valence-corrected chi connectivity index (χ4v) is 1.10. The molecule has 0 bridgehead atoms. The van der Waals surface area contributed by atoms with Crippen LogP contribution in [0.15, 0.2) is 0 Å². The highest BCUT2D eigenvalue weighted by molar-refractivity contribution is 5.88. The third-order valence-corrected chi connectivity index (χ3v) is 2.03. The minimum atomic E-state index is -0.453. The summed E-state index contributed by atoms with van der Waals surface area (Å²) in [5, 5.41) is 0. The lowest BCUT2D eigenvalue weighted by Gasteiger charge is -2.02. The van der Waals surface area contributed by atoms with Crippen molar-refractivity contribution in [1.82, 2.24) is 0 Å².